The number of nitrogens with zero attached hydrogens (tertiary/aromatic N) is 2. The summed E-state index contributed by atoms with van der Waals surface area (Å²) in [7, 11) is 0. The summed E-state index contributed by atoms with van der Waals surface area (Å²) in [4.78, 5) is 8.28. The topological polar surface area (TPSA) is 28.2 Å². The van der Waals surface area contributed by atoms with Crippen molar-refractivity contribution in [3.63, 3.8) is 0 Å². The molecule has 0 radical (unpaired) electrons. The molecular formula is C26H34ClN3S2. The van der Waals surface area contributed by atoms with Gasteiger partial charge in [0.25, 0.3) is 0 Å². The van der Waals surface area contributed by atoms with Crippen LogP contribution < -0.4 is 10.2 Å². The van der Waals surface area contributed by atoms with E-state index in [4.69, 9.17) is 28.8 Å². The fourth-order valence-electron chi connectivity index (χ4n) is 3.73. The van der Waals surface area contributed by atoms with E-state index in [9.17, 15) is 0 Å². The lowest BCUT2D eigenvalue weighted by atomic mass is 10.0. The molecule has 1 aromatic heterocycles. The van der Waals surface area contributed by atoms with Crippen molar-refractivity contribution in [3.05, 3.63) is 59.1 Å². The predicted octanol–water partition coefficient (Wildman–Crippen LogP) is 8.01. The minimum Gasteiger partial charge on any atom is -0.373 e. The molecule has 0 spiro atoms. The van der Waals surface area contributed by atoms with Crippen LogP contribution >= 0.6 is 35.2 Å². The van der Waals surface area contributed by atoms with E-state index in [1.54, 1.807) is 11.3 Å². The number of hydrogen-bond acceptors (Lipinski definition) is 4. The third-order valence-corrected chi connectivity index (χ3v) is 7.00. The van der Waals surface area contributed by atoms with Crippen molar-refractivity contribution in [2.24, 2.45) is 0 Å². The van der Waals surface area contributed by atoms with Crippen LogP contribution in [0, 0.1) is 0 Å². The third-order valence-electron chi connectivity index (χ3n) is 5.30. The van der Waals surface area contributed by atoms with Gasteiger partial charge in [0.2, 0.25) is 0 Å². The van der Waals surface area contributed by atoms with Gasteiger partial charge in [-0.05, 0) is 57.0 Å². The largest absolute Gasteiger partial charge is 0.373 e. The van der Waals surface area contributed by atoms with Crippen LogP contribution in [0.25, 0.3) is 10.2 Å². The van der Waals surface area contributed by atoms with Crippen molar-refractivity contribution in [1.82, 2.24) is 10.3 Å². The normalized spacial score (nSPS) is 12.7. The van der Waals surface area contributed by atoms with Crippen LogP contribution in [0.3, 0.4) is 0 Å². The molecule has 0 aliphatic rings. The SMILES string of the molecule is CCCCCCC(C(=S)NC(C)(C)C)N(Cc1ccc(Cl)cc1)c1nc2ccccc2s1. The minimum absolute atomic E-state index is 0.0809. The van der Waals surface area contributed by atoms with Crippen LogP contribution in [-0.2, 0) is 6.54 Å². The summed E-state index contributed by atoms with van der Waals surface area (Å²) in [5, 5.41) is 5.35. The Bertz CT molecular complexity index is 975. The second-order valence-corrected chi connectivity index (χ2v) is 11.2. The predicted molar refractivity (Wildman–Crippen MR) is 145 cm³/mol. The molecule has 0 bridgehead atoms. The lowest BCUT2D eigenvalue weighted by Gasteiger charge is -2.35. The van der Waals surface area contributed by atoms with E-state index in [0.29, 0.717) is 0 Å². The molecule has 3 nitrogen and oxygen atoms in total. The average Bonchev–Trinajstić information content (AvgIpc) is 3.16. The van der Waals surface area contributed by atoms with Crippen molar-refractivity contribution >= 4 is 55.5 Å². The molecule has 0 fully saturated rings. The van der Waals surface area contributed by atoms with Gasteiger partial charge in [0, 0.05) is 17.1 Å². The van der Waals surface area contributed by atoms with Gasteiger partial charge in [-0.15, -0.1) is 0 Å². The minimum atomic E-state index is -0.0850. The van der Waals surface area contributed by atoms with E-state index in [1.807, 2.05) is 18.2 Å². The standard InChI is InChI=1S/C26H34ClN3S2/c1-5-6-7-8-12-22(24(31)29-26(2,3)4)30(18-19-14-16-20(27)17-15-19)25-28-21-11-9-10-13-23(21)32-25/h9-11,13-17,22H,5-8,12,18H2,1-4H3,(H,29,31). The number of rotatable bonds is 10. The number of benzene rings is 2. The lowest BCUT2D eigenvalue weighted by molar-refractivity contribution is 0.494. The first-order chi connectivity index (χ1) is 15.3. The molecule has 32 heavy (non-hydrogen) atoms. The highest BCUT2D eigenvalue weighted by Gasteiger charge is 2.28. The van der Waals surface area contributed by atoms with E-state index in [1.165, 1.54) is 29.5 Å². The first-order valence-electron chi connectivity index (χ1n) is 11.5. The Balaban J connectivity index is 1.97. The number of hydrogen-bond donors (Lipinski definition) is 1. The summed E-state index contributed by atoms with van der Waals surface area (Å²) in [5.41, 5.74) is 2.15. The first-order valence-corrected chi connectivity index (χ1v) is 13.1. The maximum atomic E-state index is 6.15. The number of aromatic nitrogens is 1. The molecule has 6 heteroatoms. The number of nitrogens with one attached hydrogen (secondary N) is 1. The summed E-state index contributed by atoms with van der Waals surface area (Å²) >= 11 is 13.9. The van der Waals surface area contributed by atoms with Crippen molar-refractivity contribution in [1.29, 1.82) is 0 Å². The number of halogens is 1. The Hall–Kier alpha value is -1.69. The van der Waals surface area contributed by atoms with Crippen molar-refractivity contribution in [2.75, 3.05) is 4.90 Å². The van der Waals surface area contributed by atoms with Crippen LogP contribution in [0.2, 0.25) is 5.02 Å². The number of thiocarbonyl (C=S) groups is 1. The number of thiazole rings is 1. The maximum Gasteiger partial charge on any atom is 0.187 e. The molecule has 0 saturated carbocycles. The molecule has 1 N–H and O–H groups in total. The molecule has 172 valence electrons. The zero-order chi connectivity index (χ0) is 23.1. The van der Waals surface area contributed by atoms with Crippen LogP contribution in [0.4, 0.5) is 5.13 Å². The molecule has 3 aromatic rings. The Morgan fingerprint density at radius 3 is 2.47 bits per heavy atom. The van der Waals surface area contributed by atoms with Gasteiger partial charge in [0.05, 0.1) is 21.2 Å². The fraction of sp³-hybridized carbons (Fsp3) is 0.462. The molecule has 1 atom stereocenters. The molecule has 1 unspecified atom stereocenters. The number of anilines is 1. The summed E-state index contributed by atoms with van der Waals surface area (Å²) in [6.07, 6.45) is 5.85. The lowest BCUT2D eigenvalue weighted by Crippen LogP contribution is -2.51. The Labute approximate surface area is 207 Å². The highest BCUT2D eigenvalue weighted by molar-refractivity contribution is 7.80. The van der Waals surface area contributed by atoms with Gasteiger partial charge in [-0.2, -0.15) is 0 Å². The van der Waals surface area contributed by atoms with E-state index in [2.05, 4.69) is 68.2 Å². The third kappa shape index (κ3) is 7.16. The summed E-state index contributed by atoms with van der Waals surface area (Å²) < 4.78 is 1.20. The molecule has 0 amide bonds. The highest BCUT2D eigenvalue weighted by Crippen LogP contribution is 2.32. The molecule has 0 aliphatic carbocycles. The molecular weight excluding hydrogens is 454 g/mol. The van der Waals surface area contributed by atoms with Gasteiger partial charge in [-0.1, -0.05) is 92.0 Å². The first kappa shape index (κ1) is 24.9. The van der Waals surface area contributed by atoms with E-state index in [0.717, 1.165) is 40.0 Å². The van der Waals surface area contributed by atoms with Gasteiger partial charge in [-0.25, -0.2) is 4.98 Å². The fourth-order valence-corrected chi connectivity index (χ4v) is 5.42. The van der Waals surface area contributed by atoms with Gasteiger partial charge in [0.1, 0.15) is 0 Å². The number of para-hydroxylation sites is 1. The molecule has 0 aliphatic heterocycles. The highest BCUT2D eigenvalue weighted by atomic mass is 35.5. The van der Waals surface area contributed by atoms with E-state index < -0.39 is 0 Å². The Kier molecular flexibility index (Phi) is 8.92. The second kappa shape index (κ2) is 11.4. The zero-order valence-electron chi connectivity index (χ0n) is 19.5. The molecule has 1 heterocycles. The Morgan fingerprint density at radius 2 is 1.81 bits per heavy atom. The second-order valence-electron chi connectivity index (χ2n) is 9.32. The van der Waals surface area contributed by atoms with Gasteiger partial charge < -0.3 is 10.2 Å². The van der Waals surface area contributed by atoms with Crippen molar-refractivity contribution in [2.45, 2.75) is 77.9 Å². The van der Waals surface area contributed by atoms with Crippen molar-refractivity contribution < 1.29 is 0 Å². The molecule has 3 rings (SSSR count). The quantitative estimate of drug-likeness (QED) is 0.231. The number of fused-ring (bicyclic) bond motifs is 1. The zero-order valence-corrected chi connectivity index (χ0v) is 21.9. The van der Waals surface area contributed by atoms with Crippen LogP contribution in [0.1, 0.15) is 65.4 Å². The van der Waals surface area contributed by atoms with Crippen molar-refractivity contribution in [3.8, 4) is 0 Å². The van der Waals surface area contributed by atoms with Crippen LogP contribution in [0.5, 0.6) is 0 Å². The maximum absolute atomic E-state index is 6.15. The van der Waals surface area contributed by atoms with Gasteiger partial charge in [-0.3, -0.25) is 0 Å². The summed E-state index contributed by atoms with van der Waals surface area (Å²) in [6, 6.07) is 16.5. The van der Waals surface area contributed by atoms with Crippen LogP contribution in [0.15, 0.2) is 48.5 Å². The van der Waals surface area contributed by atoms with E-state index >= 15 is 0 Å². The molecule has 0 saturated heterocycles. The van der Waals surface area contributed by atoms with Crippen LogP contribution in [-0.4, -0.2) is 21.6 Å². The summed E-state index contributed by atoms with van der Waals surface area (Å²) in [6.45, 7) is 9.47. The van der Waals surface area contributed by atoms with E-state index in [-0.39, 0.29) is 11.6 Å². The summed E-state index contributed by atoms with van der Waals surface area (Å²) in [5.74, 6) is 0. The monoisotopic (exact) mass is 487 g/mol. The smallest absolute Gasteiger partial charge is 0.187 e. The molecule has 2 aromatic carbocycles. The average molecular weight is 488 g/mol. The van der Waals surface area contributed by atoms with Gasteiger partial charge >= 0.3 is 0 Å². The number of unbranched alkanes of at least 4 members (excludes halogenated alkanes) is 3. The Morgan fingerprint density at radius 1 is 1.09 bits per heavy atom. The van der Waals surface area contributed by atoms with Gasteiger partial charge in [0.15, 0.2) is 5.13 Å².